The first-order valence-electron chi connectivity index (χ1n) is 29.0. The van der Waals surface area contributed by atoms with Crippen molar-refractivity contribution in [1.29, 1.82) is 0 Å². The average molecular weight is 1290 g/mol. The van der Waals surface area contributed by atoms with Gasteiger partial charge in [0.2, 0.25) is 17.7 Å². The highest BCUT2D eigenvalue weighted by atomic mass is 33.1. The summed E-state index contributed by atoms with van der Waals surface area (Å²) in [7, 11) is -4.90. The van der Waals surface area contributed by atoms with Crippen LogP contribution in [-0.2, 0) is 68.5 Å². The largest absolute Gasteiger partial charge is 0.508 e. The Hall–Kier alpha value is -7.23. The lowest BCUT2D eigenvalue weighted by Gasteiger charge is -2.35. The second-order valence-electron chi connectivity index (χ2n) is 23.7. The SMILES string of the molecule is Cc1ncsc1-c1ccc(CNC(=O)C2CC(OC(=O)OCC(C)SS(C)(=O)=O)CN2C(=O)C(NC(=O)CCCCCCCCCCNC(=O)c2cc3c(cc2CS(C)(=O)=O)-c2cn(C)c(=O)c4[nH]cc(c24)CN3c2ncc(F)cc2F)C(C)(C)C)cc1. The summed E-state index contributed by atoms with van der Waals surface area (Å²) < 4.78 is 91.1. The summed E-state index contributed by atoms with van der Waals surface area (Å²) in [5, 5.41) is 8.75. The molecule has 2 aromatic carbocycles. The zero-order valence-corrected chi connectivity index (χ0v) is 53.8. The van der Waals surface area contributed by atoms with E-state index in [1.165, 1.54) is 31.8 Å². The molecule has 4 unspecified atom stereocenters. The van der Waals surface area contributed by atoms with E-state index in [2.05, 4.69) is 30.9 Å². The molecule has 8 rings (SSSR count). The lowest BCUT2D eigenvalue weighted by Crippen LogP contribution is -2.57. The minimum atomic E-state index is -3.70. The van der Waals surface area contributed by atoms with Crippen LogP contribution in [0.1, 0.15) is 125 Å². The molecule has 2 aliphatic heterocycles. The van der Waals surface area contributed by atoms with Crippen molar-refractivity contribution in [3.8, 4) is 21.6 Å². The number of thiazole rings is 1. The Balaban J connectivity index is 0.821. The molecule has 1 fully saturated rings. The number of aryl methyl sites for hydroxylation is 2. The Morgan fingerprint density at radius 2 is 1.61 bits per heavy atom. The number of sulfone groups is 1. The van der Waals surface area contributed by atoms with E-state index in [0.717, 1.165) is 78.9 Å². The first kappa shape index (κ1) is 66.7. The van der Waals surface area contributed by atoms with Crippen molar-refractivity contribution in [2.75, 3.05) is 37.1 Å². The number of hydrogen-bond donors (Lipinski definition) is 4. The first-order valence-corrected chi connectivity index (χ1v) is 35.3. The lowest BCUT2D eigenvalue weighted by molar-refractivity contribution is -0.144. The van der Waals surface area contributed by atoms with Crippen molar-refractivity contribution in [3.05, 3.63) is 117 Å². The number of likely N-dealkylation sites (tertiary alicyclic amines) is 1. The highest BCUT2D eigenvalue weighted by Crippen LogP contribution is 2.45. The molecule has 2 aliphatic rings. The molecule has 4 atom stereocenters. The van der Waals surface area contributed by atoms with Crippen molar-refractivity contribution in [2.45, 2.75) is 141 Å². The number of hydrogen-bond acceptors (Lipinski definition) is 17. The summed E-state index contributed by atoms with van der Waals surface area (Å²) in [5.74, 6) is -4.47. The van der Waals surface area contributed by atoms with Gasteiger partial charge in [0, 0.05) is 86.0 Å². The monoisotopic (exact) mass is 1290 g/mol. The Bertz CT molecular complexity index is 3870. The number of rotatable bonds is 26. The van der Waals surface area contributed by atoms with E-state index in [1.807, 2.05) is 31.2 Å². The molecular weight excluding hydrogens is 1220 g/mol. The molecule has 0 spiro atoms. The normalized spacial score (nSPS) is 15.8. The van der Waals surface area contributed by atoms with Crippen LogP contribution < -0.4 is 26.4 Å². The van der Waals surface area contributed by atoms with Gasteiger partial charge >= 0.3 is 6.16 Å². The molecular formula is C61H75F2N9O12S4. The molecule has 6 heterocycles. The minimum absolute atomic E-state index is 0.0236. The van der Waals surface area contributed by atoms with Crippen molar-refractivity contribution < 1.29 is 59.1 Å². The van der Waals surface area contributed by atoms with Gasteiger partial charge in [-0.3, -0.25) is 24.0 Å². The van der Waals surface area contributed by atoms with Gasteiger partial charge in [-0.1, -0.05) is 83.6 Å². The second-order valence-corrected chi connectivity index (χ2v) is 31.5. The Morgan fingerprint density at radius 1 is 0.920 bits per heavy atom. The number of ether oxygens (including phenoxy) is 2. The average Bonchev–Trinajstić information content (AvgIpc) is 1.81. The number of pyridine rings is 2. The number of fused-ring (bicyclic) bond motifs is 2. The third kappa shape index (κ3) is 17.1. The number of carbonyl (C=O) groups is 5. The fourth-order valence-corrected chi connectivity index (χ4v) is 15.3. The Labute approximate surface area is 518 Å². The molecule has 4 amide bonds. The molecule has 0 saturated carbocycles. The van der Waals surface area contributed by atoms with Gasteiger partial charge in [-0.2, -0.15) is 0 Å². The standard InChI is InChI=1S/C61H75F2N9O12S4/c1-36(86-88(8,81)82)33-83-60(78)84-43-25-49(57(75)67-27-38-18-20-39(21-19-38)53-37(2)68-35-85-53)72(31-43)59(77)54(61(3,4)5)69-50(73)17-15-13-11-9-10-12-14-16-22-64-56(74)44-26-48-45(23-40(44)34-87(7,79)80)46-32-70(6)58(76)52-51(46)41(28-65-52)30-71(48)55-47(63)24-42(62)29-66-55/h18-21,23-24,26,28-29,32,35-36,43,49,54,65H,9-17,22,25,27,30-31,33-34H2,1-8H3,(H,64,74)(H,67,75)(H,69,73). The van der Waals surface area contributed by atoms with Crippen molar-refractivity contribution in [3.63, 3.8) is 0 Å². The van der Waals surface area contributed by atoms with Crippen LogP contribution in [-0.4, -0.2) is 127 Å². The van der Waals surface area contributed by atoms with E-state index in [4.69, 9.17) is 9.47 Å². The molecule has 474 valence electrons. The number of amides is 4. The lowest BCUT2D eigenvalue weighted by atomic mass is 9.85. The number of benzene rings is 2. The van der Waals surface area contributed by atoms with E-state index < -0.39 is 88.8 Å². The fourth-order valence-electron chi connectivity index (χ4n) is 11.0. The molecule has 88 heavy (non-hydrogen) atoms. The molecule has 1 saturated heterocycles. The highest BCUT2D eigenvalue weighted by molar-refractivity contribution is 8.72. The van der Waals surface area contributed by atoms with Crippen LogP contribution in [0.3, 0.4) is 0 Å². The maximum absolute atomic E-state index is 15.6. The number of aromatic amines is 1. The zero-order valence-electron chi connectivity index (χ0n) is 50.5. The van der Waals surface area contributed by atoms with E-state index in [9.17, 15) is 50.0 Å². The summed E-state index contributed by atoms with van der Waals surface area (Å²) in [4.78, 5) is 97.6. The smallest absolute Gasteiger partial charge is 0.433 e. The van der Waals surface area contributed by atoms with Gasteiger partial charge in [0.15, 0.2) is 30.3 Å². The number of nitrogens with one attached hydrogen (secondary N) is 4. The molecule has 0 aliphatic carbocycles. The molecule has 6 aromatic rings. The molecule has 21 nitrogen and oxygen atoms in total. The third-order valence-corrected chi connectivity index (χ3v) is 19.9. The van der Waals surface area contributed by atoms with Crippen LogP contribution in [0.2, 0.25) is 0 Å². The predicted octanol–water partition coefficient (Wildman–Crippen LogP) is 9.13. The molecule has 0 bridgehead atoms. The third-order valence-electron chi connectivity index (χ3n) is 15.3. The summed E-state index contributed by atoms with van der Waals surface area (Å²) in [5.41, 5.74) is 5.75. The van der Waals surface area contributed by atoms with Crippen LogP contribution >= 0.6 is 22.1 Å². The van der Waals surface area contributed by atoms with Gasteiger partial charge in [-0.05, 0) is 77.3 Å². The summed E-state index contributed by atoms with van der Waals surface area (Å²) in [6.07, 6.45) is 10.5. The summed E-state index contributed by atoms with van der Waals surface area (Å²) in [6.45, 7) is 8.92. The van der Waals surface area contributed by atoms with Crippen LogP contribution in [0.5, 0.6) is 0 Å². The van der Waals surface area contributed by atoms with Gasteiger partial charge in [-0.15, -0.1) is 11.3 Å². The molecule has 4 N–H and O–H groups in total. The second kappa shape index (κ2) is 28.5. The van der Waals surface area contributed by atoms with Gasteiger partial charge < -0.3 is 44.8 Å². The molecule has 27 heteroatoms. The number of nitrogens with zero attached hydrogens (tertiary/aromatic N) is 5. The van der Waals surface area contributed by atoms with Crippen molar-refractivity contribution >= 4 is 93.0 Å². The number of halogens is 2. The van der Waals surface area contributed by atoms with Gasteiger partial charge in [0.05, 0.1) is 52.1 Å². The zero-order chi connectivity index (χ0) is 63.8. The minimum Gasteiger partial charge on any atom is -0.433 e. The predicted molar refractivity (Wildman–Crippen MR) is 335 cm³/mol. The van der Waals surface area contributed by atoms with Crippen LogP contribution in [0.4, 0.5) is 25.1 Å². The highest BCUT2D eigenvalue weighted by Gasteiger charge is 2.46. The fraction of sp³-hybridized carbons (Fsp3) is 0.475. The van der Waals surface area contributed by atoms with Crippen molar-refractivity contribution in [2.24, 2.45) is 12.5 Å². The van der Waals surface area contributed by atoms with E-state index in [0.29, 0.717) is 57.5 Å². The number of aromatic nitrogens is 4. The number of carbonyl (C=O) groups excluding carboxylic acids is 5. The summed E-state index contributed by atoms with van der Waals surface area (Å²) in [6, 6.07) is 9.33. The topological polar surface area (TPSA) is 278 Å². The number of unbranched alkanes of at least 4 members (excludes halogenated alkanes) is 7. The molecule has 4 aromatic heterocycles. The maximum Gasteiger partial charge on any atom is 0.508 e. The van der Waals surface area contributed by atoms with Crippen LogP contribution in [0.25, 0.3) is 32.5 Å². The van der Waals surface area contributed by atoms with Gasteiger partial charge in [-0.25, -0.2) is 40.4 Å². The number of H-pyrrole nitrogens is 1. The van der Waals surface area contributed by atoms with Gasteiger partial charge in [0.25, 0.3) is 11.5 Å². The van der Waals surface area contributed by atoms with E-state index >= 15 is 4.39 Å². The summed E-state index contributed by atoms with van der Waals surface area (Å²) >= 11 is 1.53. The van der Waals surface area contributed by atoms with Gasteiger partial charge in [0.1, 0.15) is 36.1 Å². The molecule has 0 radical (unpaired) electrons. The van der Waals surface area contributed by atoms with Crippen LogP contribution in [0, 0.1) is 24.0 Å². The maximum atomic E-state index is 15.6. The van der Waals surface area contributed by atoms with E-state index in [-0.39, 0.29) is 79.6 Å². The van der Waals surface area contributed by atoms with Crippen molar-refractivity contribution in [1.82, 2.24) is 40.4 Å². The Kier molecular flexibility index (Phi) is 21.6. The van der Waals surface area contributed by atoms with E-state index in [1.54, 1.807) is 58.7 Å². The Morgan fingerprint density at radius 3 is 2.26 bits per heavy atom. The quantitative estimate of drug-likeness (QED) is 0.0224. The number of anilines is 2. The van der Waals surface area contributed by atoms with Crippen LogP contribution in [0.15, 0.2) is 71.4 Å². The first-order chi connectivity index (χ1) is 41.5.